The lowest BCUT2D eigenvalue weighted by Gasteiger charge is -2.26. The molecule has 2 heteroatoms. The van der Waals surface area contributed by atoms with Crippen molar-refractivity contribution in [3.8, 4) is 66.8 Å². The smallest absolute Gasteiger partial charge is 0.136 e. The molecule has 1 heterocycles. The van der Waals surface area contributed by atoms with Gasteiger partial charge in [0.2, 0.25) is 0 Å². The summed E-state index contributed by atoms with van der Waals surface area (Å²) < 4.78 is 6.26. The summed E-state index contributed by atoms with van der Waals surface area (Å²) in [5.74, 6) is 0. The Balaban J connectivity index is 0.881. The third-order valence-electron chi connectivity index (χ3n) is 12.9. The zero-order chi connectivity index (χ0) is 43.8. The first-order valence-corrected chi connectivity index (χ1v) is 22.6. The van der Waals surface area contributed by atoms with Crippen molar-refractivity contribution in [1.29, 1.82) is 0 Å². The maximum atomic E-state index is 6.26. The number of hydrogen-bond donors (Lipinski definition) is 0. The number of furan rings is 1. The summed E-state index contributed by atoms with van der Waals surface area (Å²) >= 11 is 0. The average molecular weight is 842 g/mol. The van der Waals surface area contributed by atoms with E-state index in [2.05, 4.69) is 254 Å². The highest BCUT2D eigenvalue weighted by Gasteiger charge is 2.17. The molecule has 0 aliphatic rings. The molecule has 11 aromatic carbocycles. The Morgan fingerprint density at radius 2 is 0.682 bits per heavy atom. The van der Waals surface area contributed by atoms with Crippen molar-refractivity contribution >= 4 is 49.8 Å². The summed E-state index contributed by atoms with van der Waals surface area (Å²) in [6.07, 6.45) is 0. The van der Waals surface area contributed by atoms with Gasteiger partial charge in [0, 0.05) is 27.8 Å². The molecule has 0 N–H and O–H groups in total. The van der Waals surface area contributed by atoms with E-state index in [1.165, 1.54) is 55.3 Å². The van der Waals surface area contributed by atoms with Crippen molar-refractivity contribution in [2.45, 2.75) is 0 Å². The van der Waals surface area contributed by atoms with Gasteiger partial charge in [0.15, 0.2) is 0 Å². The second-order valence-corrected chi connectivity index (χ2v) is 16.9. The van der Waals surface area contributed by atoms with Crippen molar-refractivity contribution in [3.63, 3.8) is 0 Å². The maximum absolute atomic E-state index is 6.26. The number of para-hydroxylation sites is 1. The Bertz CT molecular complexity index is 3680. The zero-order valence-electron chi connectivity index (χ0n) is 36.2. The molecule has 0 bridgehead atoms. The molecule has 0 spiro atoms. The number of hydrogen-bond acceptors (Lipinski definition) is 2. The highest BCUT2D eigenvalue weighted by atomic mass is 16.3. The molecule has 0 saturated carbocycles. The van der Waals surface area contributed by atoms with Gasteiger partial charge >= 0.3 is 0 Å². The van der Waals surface area contributed by atoms with E-state index in [-0.39, 0.29) is 0 Å². The fourth-order valence-corrected chi connectivity index (χ4v) is 9.49. The lowest BCUT2D eigenvalue weighted by atomic mass is 9.96. The van der Waals surface area contributed by atoms with Crippen LogP contribution in [0.15, 0.2) is 265 Å². The number of nitrogens with zero attached hydrogens (tertiary/aromatic N) is 1. The Labute approximate surface area is 384 Å². The molecule has 0 fully saturated rings. The SMILES string of the molecule is c1ccc(-c2cccc(-c3cccc(N(c4ccc(-c5ccc(-c6cccc(-c7ccc8ccccc8c7)c6)cc5)cc4)c4ccc(-c5cccc6oc7ccccc7c56)cc4)c3)c2)cc1. The number of fused-ring (bicyclic) bond motifs is 4. The van der Waals surface area contributed by atoms with Gasteiger partial charge in [-0.1, -0.05) is 194 Å². The normalized spacial score (nSPS) is 11.3. The average Bonchev–Trinajstić information content (AvgIpc) is 3.79. The van der Waals surface area contributed by atoms with Crippen LogP contribution in [0.25, 0.3) is 99.5 Å². The molecule has 0 atom stereocenters. The molecule has 2 nitrogen and oxygen atoms in total. The minimum Gasteiger partial charge on any atom is -0.456 e. The fourth-order valence-electron chi connectivity index (χ4n) is 9.49. The van der Waals surface area contributed by atoms with E-state index in [9.17, 15) is 0 Å². The van der Waals surface area contributed by atoms with Crippen LogP contribution in [-0.4, -0.2) is 0 Å². The van der Waals surface area contributed by atoms with Crippen molar-refractivity contribution in [2.75, 3.05) is 4.90 Å². The van der Waals surface area contributed by atoms with Gasteiger partial charge in [-0.3, -0.25) is 0 Å². The van der Waals surface area contributed by atoms with E-state index < -0.39 is 0 Å². The quantitative estimate of drug-likeness (QED) is 0.144. The molecule has 1 aromatic heterocycles. The molecular weight excluding hydrogens is 799 g/mol. The number of benzene rings is 11. The summed E-state index contributed by atoms with van der Waals surface area (Å²) in [5.41, 5.74) is 19.2. The second-order valence-electron chi connectivity index (χ2n) is 16.9. The van der Waals surface area contributed by atoms with E-state index in [0.717, 1.165) is 61.3 Å². The molecule has 66 heavy (non-hydrogen) atoms. The fraction of sp³-hybridized carbons (Fsp3) is 0. The summed E-state index contributed by atoms with van der Waals surface area (Å²) in [4.78, 5) is 2.36. The van der Waals surface area contributed by atoms with Gasteiger partial charge in [-0.25, -0.2) is 0 Å². The van der Waals surface area contributed by atoms with Crippen LogP contribution in [0.3, 0.4) is 0 Å². The number of anilines is 3. The molecule has 12 rings (SSSR count). The zero-order valence-corrected chi connectivity index (χ0v) is 36.2. The molecule has 0 amide bonds. The van der Waals surface area contributed by atoms with Gasteiger partial charge in [0.25, 0.3) is 0 Å². The Morgan fingerprint density at radius 3 is 1.36 bits per heavy atom. The first kappa shape index (κ1) is 38.9. The van der Waals surface area contributed by atoms with Gasteiger partial charge in [0.05, 0.1) is 0 Å². The van der Waals surface area contributed by atoms with Crippen molar-refractivity contribution in [1.82, 2.24) is 0 Å². The van der Waals surface area contributed by atoms with Crippen molar-refractivity contribution in [3.05, 3.63) is 261 Å². The third-order valence-corrected chi connectivity index (χ3v) is 12.9. The topological polar surface area (TPSA) is 16.4 Å². The largest absolute Gasteiger partial charge is 0.456 e. The Hall–Kier alpha value is -8.72. The van der Waals surface area contributed by atoms with Gasteiger partial charge < -0.3 is 9.32 Å². The predicted octanol–water partition coefficient (Wildman–Crippen LogP) is 18.2. The second kappa shape index (κ2) is 16.8. The van der Waals surface area contributed by atoms with Crippen molar-refractivity contribution in [2.24, 2.45) is 0 Å². The first-order valence-electron chi connectivity index (χ1n) is 22.6. The van der Waals surface area contributed by atoms with Crippen molar-refractivity contribution < 1.29 is 4.42 Å². The van der Waals surface area contributed by atoms with Crippen LogP contribution >= 0.6 is 0 Å². The van der Waals surface area contributed by atoms with E-state index in [1.807, 2.05) is 12.1 Å². The molecule has 0 aliphatic heterocycles. The Morgan fingerprint density at radius 1 is 0.242 bits per heavy atom. The number of rotatable bonds is 9. The van der Waals surface area contributed by atoms with Crippen LogP contribution in [0, 0.1) is 0 Å². The summed E-state index contributed by atoms with van der Waals surface area (Å²) in [6.45, 7) is 0. The summed E-state index contributed by atoms with van der Waals surface area (Å²) in [7, 11) is 0. The molecule has 0 aliphatic carbocycles. The van der Waals surface area contributed by atoms with Crippen LogP contribution in [0.5, 0.6) is 0 Å². The van der Waals surface area contributed by atoms with E-state index in [4.69, 9.17) is 4.42 Å². The lowest BCUT2D eigenvalue weighted by molar-refractivity contribution is 0.669. The van der Waals surface area contributed by atoms with Crippen LogP contribution in [-0.2, 0) is 0 Å². The standard InChI is InChI=1S/C64H43NO/c1-2-12-44(13-3-1)51-16-8-18-53(40-51)55-20-10-21-59(43-55)65(58-38-34-49(35-39-58)60-23-11-25-63-64(60)61-22-6-7-24-62(61)66-63)57-36-32-47(33-37-57)46-26-28-48(29-27-46)52-17-9-19-54(41-52)56-31-30-45-14-4-5-15-50(45)42-56/h1-43H. The highest BCUT2D eigenvalue weighted by molar-refractivity contribution is 6.12. The lowest BCUT2D eigenvalue weighted by Crippen LogP contribution is -2.10. The first-order chi connectivity index (χ1) is 32.7. The third kappa shape index (κ3) is 7.41. The van der Waals surface area contributed by atoms with Gasteiger partial charge in [-0.15, -0.1) is 0 Å². The van der Waals surface area contributed by atoms with Crippen LogP contribution in [0.4, 0.5) is 17.1 Å². The molecule has 310 valence electrons. The molecule has 0 saturated heterocycles. The van der Waals surface area contributed by atoms with Gasteiger partial charge in [-0.2, -0.15) is 0 Å². The van der Waals surface area contributed by atoms with Gasteiger partial charge in [0.1, 0.15) is 11.2 Å². The molecule has 12 aromatic rings. The monoisotopic (exact) mass is 841 g/mol. The minimum absolute atomic E-state index is 0.897. The predicted molar refractivity (Wildman–Crippen MR) is 279 cm³/mol. The van der Waals surface area contributed by atoms with Crippen LogP contribution in [0.2, 0.25) is 0 Å². The summed E-state index contributed by atoms with van der Waals surface area (Å²) in [6, 6.07) is 93.9. The van der Waals surface area contributed by atoms with Crippen LogP contribution < -0.4 is 4.90 Å². The van der Waals surface area contributed by atoms with Crippen LogP contribution in [0.1, 0.15) is 0 Å². The van der Waals surface area contributed by atoms with E-state index in [0.29, 0.717) is 0 Å². The Kier molecular flexibility index (Phi) is 9.89. The molecule has 0 radical (unpaired) electrons. The molecule has 0 unspecified atom stereocenters. The van der Waals surface area contributed by atoms with E-state index >= 15 is 0 Å². The maximum Gasteiger partial charge on any atom is 0.136 e. The highest BCUT2D eigenvalue weighted by Crippen LogP contribution is 2.41. The minimum atomic E-state index is 0.897. The van der Waals surface area contributed by atoms with Gasteiger partial charge in [-0.05, 0) is 144 Å². The molecular formula is C64H43NO. The van der Waals surface area contributed by atoms with E-state index in [1.54, 1.807) is 0 Å². The summed E-state index contributed by atoms with van der Waals surface area (Å²) in [5, 5.41) is 4.78.